The Hall–Kier alpha value is -3.02. The van der Waals surface area contributed by atoms with Crippen LogP contribution in [0, 0.1) is 0 Å². The van der Waals surface area contributed by atoms with Crippen LogP contribution < -0.4 is 9.64 Å². The van der Waals surface area contributed by atoms with Crippen molar-refractivity contribution in [1.29, 1.82) is 0 Å². The first-order chi connectivity index (χ1) is 12.4. The molecule has 0 saturated heterocycles. The van der Waals surface area contributed by atoms with Crippen LogP contribution in [0.3, 0.4) is 0 Å². The zero-order valence-electron chi connectivity index (χ0n) is 14.9. The minimum atomic E-state index is -0.985. The van der Waals surface area contributed by atoms with E-state index in [0.29, 0.717) is 0 Å². The molecule has 0 fully saturated rings. The summed E-state index contributed by atoms with van der Waals surface area (Å²) >= 11 is 0. The fourth-order valence-electron chi connectivity index (χ4n) is 3.22. The number of phenols is 1. The largest absolute Gasteiger partial charge is 0.504 e. The van der Waals surface area contributed by atoms with Gasteiger partial charge in [-0.25, -0.2) is 4.79 Å². The molecular weight excluding hydrogens is 334 g/mol. The number of benzene rings is 2. The minimum Gasteiger partial charge on any atom is -0.504 e. The highest BCUT2D eigenvalue weighted by atomic mass is 16.5. The second-order valence-electron chi connectivity index (χ2n) is 6.29. The van der Waals surface area contributed by atoms with E-state index in [4.69, 9.17) is 9.47 Å². The molecule has 1 heterocycles. The van der Waals surface area contributed by atoms with Crippen LogP contribution in [0.5, 0.6) is 11.5 Å². The van der Waals surface area contributed by atoms with Gasteiger partial charge in [-0.1, -0.05) is 24.3 Å². The van der Waals surface area contributed by atoms with Crippen molar-refractivity contribution in [1.82, 2.24) is 0 Å². The number of hydrogen-bond donors (Lipinski definition) is 1. The molecule has 6 heteroatoms. The summed E-state index contributed by atoms with van der Waals surface area (Å²) in [6.45, 7) is 3.49. The number of carbonyl (C=O) groups excluding carboxylic acids is 2. The van der Waals surface area contributed by atoms with Gasteiger partial charge >= 0.3 is 5.97 Å². The number of fused-ring (bicyclic) bond motifs is 1. The molecule has 0 aliphatic carbocycles. The number of para-hydroxylation sites is 2. The number of rotatable bonds is 4. The van der Waals surface area contributed by atoms with Gasteiger partial charge in [0.25, 0.3) is 5.91 Å². The van der Waals surface area contributed by atoms with E-state index in [1.807, 2.05) is 31.2 Å². The van der Waals surface area contributed by atoms with Crippen molar-refractivity contribution in [3.63, 3.8) is 0 Å². The number of anilines is 1. The van der Waals surface area contributed by atoms with Crippen LogP contribution in [-0.4, -0.2) is 36.2 Å². The van der Waals surface area contributed by atoms with Crippen LogP contribution >= 0.6 is 0 Å². The molecule has 1 N–H and O–H groups in total. The maximum atomic E-state index is 12.9. The number of carbonyl (C=O) groups is 2. The van der Waals surface area contributed by atoms with Crippen molar-refractivity contribution < 1.29 is 24.2 Å². The second kappa shape index (κ2) is 7.07. The Balaban J connectivity index is 1.77. The first-order valence-electron chi connectivity index (χ1n) is 8.42. The normalized spacial score (nSPS) is 16.7. The van der Waals surface area contributed by atoms with Crippen LogP contribution in [0.4, 0.5) is 5.69 Å². The highest BCUT2D eigenvalue weighted by molar-refractivity contribution is 6.01. The third-order valence-corrected chi connectivity index (χ3v) is 4.52. The second-order valence-corrected chi connectivity index (χ2v) is 6.29. The standard InChI is InChI=1S/C20H21NO5/c1-12-11-14-7-4-5-9-16(14)21(12)19(23)13(2)26-20(24)15-8-6-10-17(25-3)18(15)22/h4-10,12-13,22H,11H2,1-3H3/t12-,13-/m1/s1. The number of aromatic hydroxyl groups is 1. The summed E-state index contributed by atoms with van der Waals surface area (Å²) in [5.74, 6) is -1.21. The quantitative estimate of drug-likeness (QED) is 0.854. The Morgan fingerprint density at radius 1 is 1.19 bits per heavy atom. The lowest BCUT2D eigenvalue weighted by Crippen LogP contribution is -2.43. The van der Waals surface area contributed by atoms with Gasteiger partial charge in [0.05, 0.1) is 7.11 Å². The van der Waals surface area contributed by atoms with Crippen LogP contribution in [0.15, 0.2) is 42.5 Å². The van der Waals surface area contributed by atoms with Crippen LogP contribution in [0.1, 0.15) is 29.8 Å². The monoisotopic (exact) mass is 355 g/mol. The number of ether oxygens (including phenoxy) is 2. The Kier molecular flexibility index (Phi) is 4.84. The van der Waals surface area contributed by atoms with Crippen LogP contribution in [0.2, 0.25) is 0 Å². The maximum Gasteiger partial charge on any atom is 0.342 e. The van der Waals surface area contributed by atoms with E-state index in [2.05, 4.69) is 0 Å². The summed E-state index contributed by atoms with van der Waals surface area (Å²) in [7, 11) is 1.39. The Labute approximate surface area is 152 Å². The molecular formula is C20H21NO5. The number of nitrogens with zero attached hydrogens (tertiary/aromatic N) is 1. The van der Waals surface area contributed by atoms with Gasteiger partial charge in [-0.05, 0) is 44.0 Å². The minimum absolute atomic E-state index is 0.00808. The van der Waals surface area contributed by atoms with Crippen molar-refractivity contribution in [2.75, 3.05) is 12.0 Å². The van der Waals surface area contributed by atoms with Crippen molar-refractivity contribution in [2.24, 2.45) is 0 Å². The molecule has 0 saturated carbocycles. The molecule has 6 nitrogen and oxygen atoms in total. The summed E-state index contributed by atoms with van der Waals surface area (Å²) in [4.78, 5) is 26.9. The summed E-state index contributed by atoms with van der Waals surface area (Å²) in [6.07, 6.45) is -0.221. The van der Waals surface area contributed by atoms with Gasteiger partial charge < -0.3 is 19.5 Å². The molecule has 1 aliphatic heterocycles. The Bertz CT molecular complexity index is 848. The average molecular weight is 355 g/mol. The number of esters is 1. The number of hydrogen-bond acceptors (Lipinski definition) is 5. The topological polar surface area (TPSA) is 76.1 Å². The smallest absolute Gasteiger partial charge is 0.342 e. The fourth-order valence-corrected chi connectivity index (χ4v) is 3.22. The fraction of sp³-hybridized carbons (Fsp3) is 0.300. The van der Waals surface area contributed by atoms with E-state index in [-0.39, 0.29) is 29.0 Å². The molecule has 2 aromatic rings. The van der Waals surface area contributed by atoms with Gasteiger partial charge in [0.2, 0.25) is 0 Å². The van der Waals surface area contributed by atoms with Crippen LogP contribution in [0.25, 0.3) is 0 Å². The number of phenolic OH excluding ortho intramolecular Hbond substituents is 1. The lowest BCUT2D eigenvalue weighted by molar-refractivity contribution is -0.126. The van der Waals surface area contributed by atoms with Crippen LogP contribution in [-0.2, 0) is 16.0 Å². The molecule has 2 atom stereocenters. The highest BCUT2D eigenvalue weighted by Crippen LogP contribution is 2.33. The van der Waals surface area contributed by atoms with E-state index in [0.717, 1.165) is 17.7 Å². The summed E-state index contributed by atoms with van der Waals surface area (Å²) in [5.41, 5.74) is 1.90. The van der Waals surface area contributed by atoms with E-state index in [1.54, 1.807) is 11.0 Å². The molecule has 0 unspecified atom stereocenters. The number of amides is 1. The molecule has 0 bridgehead atoms. The zero-order chi connectivity index (χ0) is 18.8. The van der Waals surface area contributed by atoms with Crippen molar-refractivity contribution >= 4 is 17.6 Å². The molecule has 3 rings (SSSR count). The molecule has 26 heavy (non-hydrogen) atoms. The first kappa shape index (κ1) is 17.8. The van der Waals surface area contributed by atoms with Crippen molar-refractivity contribution in [2.45, 2.75) is 32.4 Å². The van der Waals surface area contributed by atoms with Gasteiger partial charge in [0, 0.05) is 11.7 Å². The maximum absolute atomic E-state index is 12.9. The molecule has 1 aliphatic rings. The van der Waals surface area contributed by atoms with Gasteiger partial charge in [0.15, 0.2) is 17.6 Å². The zero-order valence-corrected chi connectivity index (χ0v) is 14.9. The van der Waals surface area contributed by atoms with E-state index in [1.165, 1.54) is 26.2 Å². The highest BCUT2D eigenvalue weighted by Gasteiger charge is 2.34. The molecule has 0 radical (unpaired) electrons. The van der Waals surface area contributed by atoms with Crippen molar-refractivity contribution in [3.05, 3.63) is 53.6 Å². The SMILES string of the molecule is COc1cccc(C(=O)O[C@H](C)C(=O)N2c3ccccc3C[C@H]2C)c1O. The summed E-state index contributed by atoms with van der Waals surface area (Å²) < 4.78 is 10.3. The first-order valence-corrected chi connectivity index (χ1v) is 8.42. The Morgan fingerprint density at radius 3 is 2.65 bits per heavy atom. The molecule has 1 amide bonds. The lowest BCUT2D eigenvalue weighted by atomic mass is 10.1. The summed E-state index contributed by atoms with van der Waals surface area (Å²) in [6, 6.07) is 12.2. The average Bonchev–Trinajstić information content (AvgIpc) is 2.96. The van der Waals surface area contributed by atoms with Gasteiger partial charge in [0.1, 0.15) is 5.56 Å². The lowest BCUT2D eigenvalue weighted by Gasteiger charge is -2.26. The van der Waals surface area contributed by atoms with E-state index >= 15 is 0 Å². The van der Waals surface area contributed by atoms with Crippen molar-refractivity contribution in [3.8, 4) is 11.5 Å². The molecule has 136 valence electrons. The third-order valence-electron chi connectivity index (χ3n) is 4.52. The number of methoxy groups -OCH3 is 1. The predicted molar refractivity (Wildman–Crippen MR) is 96.6 cm³/mol. The Morgan fingerprint density at radius 2 is 1.92 bits per heavy atom. The molecule has 2 aromatic carbocycles. The predicted octanol–water partition coefficient (Wildman–Crippen LogP) is 2.92. The van der Waals surface area contributed by atoms with Gasteiger partial charge in [-0.2, -0.15) is 0 Å². The third kappa shape index (κ3) is 3.10. The van der Waals surface area contributed by atoms with E-state index < -0.39 is 12.1 Å². The van der Waals surface area contributed by atoms with Gasteiger partial charge in [-0.3, -0.25) is 4.79 Å². The molecule has 0 aromatic heterocycles. The summed E-state index contributed by atoms with van der Waals surface area (Å²) in [5, 5.41) is 10.1. The van der Waals surface area contributed by atoms with E-state index in [9.17, 15) is 14.7 Å². The van der Waals surface area contributed by atoms with Gasteiger partial charge in [-0.15, -0.1) is 0 Å². The molecule has 0 spiro atoms.